The topological polar surface area (TPSA) is 12.0 Å². The Labute approximate surface area is 134 Å². The van der Waals surface area contributed by atoms with Gasteiger partial charge in [0.1, 0.15) is 0 Å². The maximum Gasteiger partial charge on any atom is 0.0394 e. The molecule has 0 fully saturated rings. The first-order chi connectivity index (χ1) is 10.1. The molecule has 0 saturated heterocycles. The molecule has 2 aromatic heterocycles. The van der Waals surface area contributed by atoms with Crippen LogP contribution in [0.1, 0.15) is 46.1 Å². The minimum absolute atomic E-state index is 0.375. The fraction of sp³-hybridized carbons (Fsp3) is 0.333. The summed E-state index contributed by atoms with van der Waals surface area (Å²) in [6.07, 6.45) is 0. The lowest BCUT2D eigenvalue weighted by Crippen LogP contribution is -2.21. The number of fused-ring (bicyclic) bond motifs is 1. The minimum atomic E-state index is 0.375. The second-order valence-corrected chi connectivity index (χ2v) is 8.05. The zero-order valence-electron chi connectivity index (χ0n) is 12.9. The van der Waals surface area contributed by atoms with E-state index in [1.54, 1.807) is 0 Å². The van der Waals surface area contributed by atoms with Gasteiger partial charge in [0.15, 0.2) is 0 Å². The normalized spacial score (nSPS) is 14.5. The van der Waals surface area contributed by atoms with Crippen LogP contribution in [0.2, 0.25) is 0 Å². The molecule has 1 N–H and O–H groups in total. The highest BCUT2D eigenvalue weighted by Crippen LogP contribution is 2.35. The van der Waals surface area contributed by atoms with Gasteiger partial charge in [-0.1, -0.05) is 18.2 Å². The minimum Gasteiger partial charge on any atom is -0.302 e. The van der Waals surface area contributed by atoms with Crippen LogP contribution in [0.4, 0.5) is 0 Å². The predicted molar refractivity (Wildman–Crippen MR) is 95.6 cm³/mol. The van der Waals surface area contributed by atoms with Gasteiger partial charge in [-0.3, -0.25) is 0 Å². The number of benzene rings is 1. The van der Waals surface area contributed by atoms with E-state index in [4.69, 9.17) is 0 Å². The summed E-state index contributed by atoms with van der Waals surface area (Å²) in [5.74, 6) is 0. The van der Waals surface area contributed by atoms with Crippen LogP contribution in [0, 0.1) is 13.8 Å². The van der Waals surface area contributed by atoms with Crippen molar-refractivity contribution in [1.29, 1.82) is 0 Å². The second kappa shape index (κ2) is 5.91. The molecule has 0 aliphatic heterocycles. The van der Waals surface area contributed by atoms with Gasteiger partial charge in [-0.2, -0.15) is 0 Å². The molecule has 0 spiro atoms. The van der Waals surface area contributed by atoms with E-state index < -0.39 is 0 Å². The quantitative estimate of drug-likeness (QED) is 0.623. The maximum atomic E-state index is 3.75. The smallest absolute Gasteiger partial charge is 0.0394 e. The monoisotopic (exact) mass is 315 g/mol. The average molecular weight is 316 g/mol. The number of nitrogens with one attached hydrogen (secondary N) is 1. The summed E-state index contributed by atoms with van der Waals surface area (Å²) in [4.78, 5) is 4.25. The molecule has 21 heavy (non-hydrogen) atoms. The molecule has 3 rings (SSSR count). The van der Waals surface area contributed by atoms with Crippen molar-refractivity contribution in [1.82, 2.24) is 5.32 Å². The summed E-state index contributed by atoms with van der Waals surface area (Å²) in [6, 6.07) is 13.9. The van der Waals surface area contributed by atoms with Crippen LogP contribution >= 0.6 is 22.7 Å². The molecule has 1 nitrogen and oxygen atoms in total. The second-order valence-electron chi connectivity index (χ2n) is 5.65. The molecular formula is C18H21NS2. The molecule has 0 aliphatic carbocycles. The van der Waals surface area contributed by atoms with Crippen molar-refractivity contribution in [2.24, 2.45) is 0 Å². The van der Waals surface area contributed by atoms with Gasteiger partial charge in [-0.15, -0.1) is 22.7 Å². The van der Waals surface area contributed by atoms with Crippen molar-refractivity contribution in [2.75, 3.05) is 0 Å². The van der Waals surface area contributed by atoms with Gasteiger partial charge in [0, 0.05) is 31.4 Å². The van der Waals surface area contributed by atoms with Gasteiger partial charge >= 0.3 is 0 Å². The first-order valence-corrected chi connectivity index (χ1v) is 9.00. The van der Waals surface area contributed by atoms with Crippen molar-refractivity contribution in [2.45, 2.75) is 39.8 Å². The molecule has 0 aliphatic rings. The summed E-state index contributed by atoms with van der Waals surface area (Å²) in [5.41, 5.74) is 1.42. The van der Waals surface area contributed by atoms with E-state index in [1.807, 2.05) is 22.7 Å². The lowest BCUT2D eigenvalue weighted by atomic mass is 10.1. The molecule has 3 heteroatoms. The van der Waals surface area contributed by atoms with Gasteiger partial charge in [-0.05, 0) is 56.8 Å². The van der Waals surface area contributed by atoms with E-state index >= 15 is 0 Å². The van der Waals surface area contributed by atoms with E-state index in [0.29, 0.717) is 12.1 Å². The Bertz CT molecular complexity index is 754. The van der Waals surface area contributed by atoms with E-state index in [1.165, 1.54) is 30.3 Å². The summed E-state index contributed by atoms with van der Waals surface area (Å²) in [5, 5.41) is 5.14. The molecule has 2 unspecified atom stereocenters. The lowest BCUT2D eigenvalue weighted by molar-refractivity contribution is 0.504. The average Bonchev–Trinajstić information content (AvgIpc) is 3.04. The Hall–Kier alpha value is -1.16. The van der Waals surface area contributed by atoms with Gasteiger partial charge in [0.25, 0.3) is 0 Å². The number of aryl methyl sites for hydroxylation is 2. The fourth-order valence-electron chi connectivity index (χ4n) is 2.83. The molecule has 0 amide bonds. The summed E-state index contributed by atoms with van der Waals surface area (Å²) in [7, 11) is 0. The Kier molecular flexibility index (Phi) is 4.16. The highest BCUT2D eigenvalue weighted by atomic mass is 32.1. The van der Waals surface area contributed by atoms with E-state index in [2.05, 4.69) is 69.4 Å². The third kappa shape index (κ3) is 2.91. The van der Waals surface area contributed by atoms with Crippen LogP contribution in [-0.2, 0) is 0 Å². The fourth-order valence-corrected chi connectivity index (χ4v) is 4.94. The van der Waals surface area contributed by atoms with Crippen molar-refractivity contribution < 1.29 is 0 Å². The number of thiophene rings is 2. The number of rotatable bonds is 4. The van der Waals surface area contributed by atoms with E-state index in [0.717, 1.165) is 0 Å². The zero-order valence-corrected chi connectivity index (χ0v) is 14.6. The van der Waals surface area contributed by atoms with Crippen molar-refractivity contribution in [3.05, 3.63) is 56.6 Å². The molecular weight excluding hydrogens is 294 g/mol. The first-order valence-electron chi connectivity index (χ1n) is 7.36. The van der Waals surface area contributed by atoms with Crippen LogP contribution in [0.25, 0.3) is 10.1 Å². The molecule has 0 saturated carbocycles. The molecule has 0 radical (unpaired) electrons. The van der Waals surface area contributed by atoms with Gasteiger partial charge in [0.2, 0.25) is 0 Å². The summed E-state index contributed by atoms with van der Waals surface area (Å²) < 4.78 is 1.39. The number of hydrogen-bond acceptors (Lipinski definition) is 3. The Morgan fingerprint density at radius 2 is 1.67 bits per heavy atom. The van der Waals surface area contributed by atoms with E-state index in [-0.39, 0.29) is 0 Å². The third-order valence-electron chi connectivity index (χ3n) is 3.96. The van der Waals surface area contributed by atoms with Gasteiger partial charge < -0.3 is 5.32 Å². The molecule has 0 bridgehead atoms. The molecule has 110 valence electrons. The third-order valence-corrected chi connectivity index (χ3v) is 6.60. The largest absolute Gasteiger partial charge is 0.302 e. The predicted octanol–water partition coefficient (Wildman–Crippen LogP) is 5.99. The molecule has 3 aromatic rings. The van der Waals surface area contributed by atoms with Crippen LogP contribution < -0.4 is 5.32 Å². The maximum absolute atomic E-state index is 3.75. The van der Waals surface area contributed by atoms with Crippen LogP contribution in [-0.4, -0.2) is 0 Å². The molecule has 2 heterocycles. The van der Waals surface area contributed by atoms with Crippen LogP contribution in [0.15, 0.2) is 36.4 Å². The van der Waals surface area contributed by atoms with Crippen LogP contribution in [0.3, 0.4) is 0 Å². The highest BCUT2D eigenvalue weighted by molar-refractivity contribution is 7.19. The standard InChI is InChI=1S/C18H21NS2/c1-11-9-10-16(20-11)13(3)19-14(4)18-12(2)15-7-5-6-8-17(15)21-18/h5-10,13-14,19H,1-4H3. The van der Waals surface area contributed by atoms with Crippen molar-refractivity contribution in [3.8, 4) is 0 Å². The van der Waals surface area contributed by atoms with Crippen LogP contribution in [0.5, 0.6) is 0 Å². The van der Waals surface area contributed by atoms with Gasteiger partial charge in [-0.25, -0.2) is 0 Å². The molecule has 1 aromatic carbocycles. The SMILES string of the molecule is Cc1ccc(C(C)NC(C)c2sc3ccccc3c2C)s1. The Morgan fingerprint density at radius 3 is 2.33 bits per heavy atom. The summed E-state index contributed by atoms with van der Waals surface area (Å²) in [6.45, 7) is 8.94. The highest BCUT2D eigenvalue weighted by Gasteiger charge is 2.17. The summed E-state index contributed by atoms with van der Waals surface area (Å²) >= 11 is 3.80. The zero-order chi connectivity index (χ0) is 15.0. The van der Waals surface area contributed by atoms with Gasteiger partial charge in [0.05, 0.1) is 0 Å². The lowest BCUT2D eigenvalue weighted by Gasteiger charge is -2.19. The first kappa shape index (κ1) is 14.8. The van der Waals surface area contributed by atoms with Crippen molar-refractivity contribution >= 4 is 32.8 Å². The number of hydrogen-bond donors (Lipinski definition) is 1. The Morgan fingerprint density at radius 1 is 0.905 bits per heavy atom. The Balaban J connectivity index is 1.83. The molecule has 2 atom stereocenters. The van der Waals surface area contributed by atoms with Crippen molar-refractivity contribution in [3.63, 3.8) is 0 Å². The van der Waals surface area contributed by atoms with E-state index in [9.17, 15) is 0 Å².